The standard InChI is InChI=1S/C19H24FN3O.ClH/c1-15-14-18(24-13-5-12-23-10-3-2-4-11-23)22-19(21-15)16-6-8-17(20)9-7-16;/h6-9,14H,2-5,10-13H2,1H3;1H. The second-order valence-electron chi connectivity index (χ2n) is 6.28. The van der Waals surface area contributed by atoms with E-state index in [0.29, 0.717) is 18.3 Å². The number of rotatable bonds is 6. The number of benzene rings is 1. The molecule has 0 saturated carbocycles. The minimum atomic E-state index is -0.263. The molecular formula is C19H25ClFN3O. The first-order chi connectivity index (χ1) is 11.7. The Morgan fingerprint density at radius 1 is 1.08 bits per heavy atom. The van der Waals surface area contributed by atoms with Gasteiger partial charge in [0.15, 0.2) is 5.82 Å². The van der Waals surface area contributed by atoms with Crippen molar-refractivity contribution in [1.29, 1.82) is 0 Å². The highest BCUT2D eigenvalue weighted by Crippen LogP contribution is 2.19. The molecule has 6 heteroatoms. The van der Waals surface area contributed by atoms with E-state index in [1.54, 1.807) is 12.1 Å². The molecule has 1 aliphatic rings. The van der Waals surface area contributed by atoms with Crippen molar-refractivity contribution in [3.8, 4) is 17.3 Å². The highest BCUT2D eigenvalue weighted by Gasteiger charge is 2.10. The maximum atomic E-state index is 13.1. The second-order valence-corrected chi connectivity index (χ2v) is 6.28. The van der Waals surface area contributed by atoms with Gasteiger partial charge in [-0.15, -0.1) is 12.4 Å². The summed E-state index contributed by atoms with van der Waals surface area (Å²) in [5, 5.41) is 0. The summed E-state index contributed by atoms with van der Waals surface area (Å²) in [6.07, 6.45) is 4.98. The zero-order valence-electron chi connectivity index (χ0n) is 14.6. The molecule has 0 bridgehead atoms. The lowest BCUT2D eigenvalue weighted by atomic mass is 10.1. The van der Waals surface area contributed by atoms with E-state index >= 15 is 0 Å². The summed E-state index contributed by atoms with van der Waals surface area (Å²) in [4.78, 5) is 11.4. The van der Waals surface area contributed by atoms with Gasteiger partial charge in [-0.05, 0) is 63.5 Å². The fourth-order valence-electron chi connectivity index (χ4n) is 2.99. The number of piperidine rings is 1. The number of ether oxygens (including phenoxy) is 1. The van der Waals surface area contributed by atoms with E-state index < -0.39 is 0 Å². The molecule has 0 atom stereocenters. The summed E-state index contributed by atoms with van der Waals surface area (Å²) in [6.45, 7) is 6.06. The van der Waals surface area contributed by atoms with Crippen LogP contribution in [0.3, 0.4) is 0 Å². The van der Waals surface area contributed by atoms with Crippen LogP contribution in [0.4, 0.5) is 4.39 Å². The molecule has 1 saturated heterocycles. The lowest BCUT2D eigenvalue weighted by Gasteiger charge is -2.26. The number of halogens is 2. The predicted molar refractivity (Wildman–Crippen MR) is 99.8 cm³/mol. The second kappa shape index (κ2) is 9.68. The molecule has 2 aromatic rings. The number of hydrogen-bond donors (Lipinski definition) is 0. The molecule has 0 unspecified atom stereocenters. The highest BCUT2D eigenvalue weighted by molar-refractivity contribution is 5.85. The Hall–Kier alpha value is -1.72. The van der Waals surface area contributed by atoms with Crippen molar-refractivity contribution < 1.29 is 9.13 Å². The van der Waals surface area contributed by atoms with Crippen molar-refractivity contribution in [3.63, 3.8) is 0 Å². The fraction of sp³-hybridized carbons (Fsp3) is 0.474. The van der Waals surface area contributed by atoms with Crippen LogP contribution in [0.5, 0.6) is 5.88 Å². The van der Waals surface area contributed by atoms with E-state index in [1.807, 2.05) is 13.0 Å². The van der Waals surface area contributed by atoms with E-state index in [9.17, 15) is 4.39 Å². The predicted octanol–water partition coefficient (Wildman–Crippen LogP) is 4.27. The van der Waals surface area contributed by atoms with Crippen LogP contribution in [0.1, 0.15) is 31.4 Å². The van der Waals surface area contributed by atoms with Crippen LogP contribution in [0.2, 0.25) is 0 Å². The van der Waals surface area contributed by atoms with Crippen LogP contribution >= 0.6 is 12.4 Å². The summed E-state index contributed by atoms with van der Waals surface area (Å²) in [6, 6.07) is 8.04. The third-order valence-electron chi connectivity index (χ3n) is 4.25. The zero-order valence-corrected chi connectivity index (χ0v) is 15.4. The van der Waals surface area contributed by atoms with Gasteiger partial charge in [0.05, 0.1) is 6.61 Å². The van der Waals surface area contributed by atoms with Crippen LogP contribution < -0.4 is 4.74 Å². The maximum absolute atomic E-state index is 13.1. The van der Waals surface area contributed by atoms with Gasteiger partial charge in [-0.1, -0.05) is 6.42 Å². The average molecular weight is 366 g/mol. The van der Waals surface area contributed by atoms with Crippen LogP contribution in [0.15, 0.2) is 30.3 Å². The molecule has 1 aromatic heterocycles. The number of hydrogen-bond acceptors (Lipinski definition) is 4. The molecule has 0 N–H and O–H groups in total. The Bertz CT molecular complexity index is 660. The van der Waals surface area contributed by atoms with Gasteiger partial charge in [0.1, 0.15) is 5.82 Å². The van der Waals surface area contributed by atoms with Gasteiger partial charge in [0.25, 0.3) is 0 Å². The molecule has 1 fully saturated rings. The minimum absolute atomic E-state index is 0. The number of likely N-dealkylation sites (tertiary alicyclic amines) is 1. The van der Waals surface area contributed by atoms with Crippen molar-refractivity contribution in [2.45, 2.75) is 32.6 Å². The first-order valence-corrected chi connectivity index (χ1v) is 8.67. The van der Waals surface area contributed by atoms with Crippen LogP contribution in [-0.2, 0) is 0 Å². The van der Waals surface area contributed by atoms with Gasteiger partial charge >= 0.3 is 0 Å². The largest absolute Gasteiger partial charge is 0.478 e. The van der Waals surface area contributed by atoms with Gasteiger partial charge in [-0.2, -0.15) is 4.98 Å². The summed E-state index contributed by atoms with van der Waals surface area (Å²) in [5.74, 6) is 0.891. The van der Waals surface area contributed by atoms with Gasteiger partial charge < -0.3 is 9.64 Å². The Kier molecular flexibility index (Phi) is 7.59. The zero-order chi connectivity index (χ0) is 16.8. The smallest absolute Gasteiger partial charge is 0.217 e. The molecule has 1 aromatic carbocycles. The van der Waals surface area contributed by atoms with E-state index in [2.05, 4.69) is 14.9 Å². The molecule has 136 valence electrons. The van der Waals surface area contributed by atoms with Gasteiger partial charge in [-0.25, -0.2) is 9.37 Å². The van der Waals surface area contributed by atoms with Crippen LogP contribution in [-0.4, -0.2) is 41.1 Å². The number of aromatic nitrogens is 2. The molecule has 3 rings (SSSR count). The Morgan fingerprint density at radius 2 is 1.80 bits per heavy atom. The molecule has 4 nitrogen and oxygen atoms in total. The lowest BCUT2D eigenvalue weighted by molar-refractivity contribution is 0.203. The summed E-state index contributed by atoms with van der Waals surface area (Å²) in [5.41, 5.74) is 1.63. The normalized spacial score (nSPS) is 14.8. The summed E-state index contributed by atoms with van der Waals surface area (Å²) < 4.78 is 18.9. The van der Waals surface area contributed by atoms with Crippen molar-refractivity contribution in [2.75, 3.05) is 26.2 Å². The summed E-state index contributed by atoms with van der Waals surface area (Å²) in [7, 11) is 0. The van der Waals surface area contributed by atoms with E-state index in [4.69, 9.17) is 4.74 Å². The average Bonchev–Trinajstić information content (AvgIpc) is 2.60. The first kappa shape index (κ1) is 19.6. The fourth-order valence-corrected chi connectivity index (χ4v) is 2.99. The topological polar surface area (TPSA) is 38.2 Å². The van der Waals surface area contributed by atoms with E-state index in [1.165, 1.54) is 44.5 Å². The number of aryl methyl sites for hydroxylation is 1. The molecule has 0 amide bonds. The molecular weight excluding hydrogens is 341 g/mol. The molecule has 0 spiro atoms. The third kappa shape index (κ3) is 5.94. The van der Waals surface area contributed by atoms with E-state index in [-0.39, 0.29) is 18.2 Å². The van der Waals surface area contributed by atoms with Crippen molar-refractivity contribution in [2.24, 2.45) is 0 Å². The first-order valence-electron chi connectivity index (χ1n) is 8.67. The maximum Gasteiger partial charge on any atom is 0.217 e. The third-order valence-corrected chi connectivity index (χ3v) is 4.25. The Labute approximate surface area is 154 Å². The molecule has 2 heterocycles. The van der Waals surface area contributed by atoms with Crippen LogP contribution in [0, 0.1) is 12.7 Å². The minimum Gasteiger partial charge on any atom is -0.478 e. The summed E-state index contributed by atoms with van der Waals surface area (Å²) >= 11 is 0. The monoisotopic (exact) mass is 365 g/mol. The van der Waals surface area contributed by atoms with Crippen molar-refractivity contribution in [3.05, 3.63) is 41.8 Å². The van der Waals surface area contributed by atoms with E-state index in [0.717, 1.165) is 24.2 Å². The van der Waals surface area contributed by atoms with Crippen molar-refractivity contribution in [1.82, 2.24) is 14.9 Å². The Balaban J connectivity index is 0.00000225. The lowest BCUT2D eigenvalue weighted by Crippen LogP contribution is -2.31. The van der Waals surface area contributed by atoms with Gasteiger partial charge in [0.2, 0.25) is 5.88 Å². The quantitative estimate of drug-likeness (QED) is 0.716. The van der Waals surface area contributed by atoms with Gasteiger partial charge in [-0.3, -0.25) is 0 Å². The number of nitrogens with zero attached hydrogens (tertiary/aromatic N) is 3. The Morgan fingerprint density at radius 3 is 2.52 bits per heavy atom. The highest BCUT2D eigenvalue weighted by atomic mass is 35.5. The van der Waals surface area contributed by atoms with Gasteiger partial charge in [0, 0.05) is 23.9 Å². The van der Waals surface area contributed by atoms with Crippen LogP contribution in [0.25, 0.3) is 11.4 Å². The SMILES string of the molecule is Cc1cc(OCCCN2CCCCC2)nc(-c2ccc(F)cc2)n1.Cl. The molecule has 0 aliphatic carbocycles. The molecule has 1 aliphatic heterocycles. The molecule has 0 radical (unpaired) electrons. The van der Waals surface area contributed by atoms with Crippen molar-refractivity contribution >= 4 is 12.4 Å². The molecule has 25 heavy (non-hydrogen) atoms.